The summed E-state index contributed by atoms with van der Waals surface area (Å²) in [5.74, 6) is 0.351. The number of hydrogen-bond donors (Lipinski definition) is 1. The quantitative estimate of drug-likeness (QED) is 0.868. The molecule has 1 aliphatic rings. The molecule has 1 N–H and O–H groups in total. The molecule has 3 nitrogen and oxygen atoms in total. The zero-order chi connectivity index (χ0) is 13.0. The van der Waals surface area contributed by atoms with Gasteiger partial charge < -0.3 is 9.84 Å². The Balaban J connectivity index is 2.12. The molecule has 0 aliphatic carbocycles. The van der Waals surface area contributed by atoms with Crippen molar-refractivity contribution in [1.82, 2.24) is 0 Å². The van der Waals surface area contributed by atoms with Crippen LogP contribution >= 0.6 is 0 Å². The van der Waals surface area contributed by atoms with E-state index in [9.17, 15) is 9.90 Å². The van der Waals surface area contributed by atoms with Gasteiger partial charge in [0.25, 0.3) is 0 Å². The molecular formula is C15H20O3. The predicted octanol–water partition coefficient (Wildman–Crippen LogP) is 3.44. The molecule has 2 rings (SSSR count). The van der Waals surface area contributed by atoms with Gasteiger partial charge in [0, 0.05) is 0 Å². The van der Waals surface area contributed by atoms with Gasteiger partial charge in [-0.15, -0.1) is 0 Å². The van der Waals surface area contributed by atoms with Gasteiger partial charge in [-0.3, -0.25) is 4.79 Å². The molecule has 98 valence electrons. The van der Waals surface area contributed by atoms with Crippen molar-refractivity contribution < 1.29 is 14.6 Å². The third kappa shape index (κ3) is 2.84. The molecule has 0 amide bonds. The van der Waals surface area contributed by atoms with Gasteiger partial charge in [0.15, 0.2) is 0 Å². The third-order valence-corrected chi connectivity index (χ3v) is 3.64. The molecule has 0 saturated carbocycles. The first-order valence-electron chi connectivity index (χ1n) is 6.67. The number of carboxylic acids is 1. The van der Waals surface area contributed by atoms with Gasteiger partial charge in [-0.05, 0) is 36.8 Å². The van der Waals surface area contributed by atoms with Crippen LogP contribution in [0.3, 0.4) is 0 Å². The van der Waals surface area contributed by atoms with Gasteiger partial charge in [0.2, 0.25) is 0 Å². The van der Waals surface area contributed by atoms with Crippen LogP contribution in [0.15, 0.2) is 24.3 Å². The van der Waals surface area contributed by atoms with Crippen LogP contribution in [0.5, 0.6) is 5.75 Å². The second-order valence-corrected chi connectivity index (χ2v) is 4.93. The van der Waals surface area contributed by atoms with Crippen LogP contribution in [0.2, 0.25) is 0 Å². The molecule has 2 atom stereocenters. The highest BCUT2D eigenvalue weighted by Crippen LogP contribution is 2.38. The molecular weight excluding hydrogens is 228 g/mol. The number of carboxylic acid groups (broad SMARTS) is 1. The summed E-state index contributed by atoms with van der Waals surface area (Å²) in [6.45, 7) is 2.73. The Labute approximate surface area is 108 Å². The normalized spacial score (nSPS) is 19.7. The van der Waals surface area contributed by atoms with Gasteiger partial charge in [0.1, 0.15) is 5.75 Å². The number of rotatable bonds is 5. The summed E-state index contributed by atoms with van der Waals surface area (Å²) in [5, 5.41) is 9.25. The van der Waals surface area contributed by atoms with Crippen LogP contribution in [-0.2, 0) is 4.79 Å². The van der Waals surface area contributed by atoms with Crippen molar-refractivity contribution in [3.63, 3.8) is 0 Å². The Hall–Kier alpha value is -1.51. The van der Waals surface area contributed by atoms with Gasteiger partial charge in [-0.2, -0.15) is 0 Å². The molecule has 0 spiro atoms. The van der Waals surface area contributed by atoms with Crippen molar-refractivity contribution >= 4 is 5.97 Å². The van der Waals surface area contributed by atoms with Crippen LogP contribution in [0.4, 0.5) is 0 Å². The monoisotopic (exact) mass is 248 g/mol. The third-order valence-electron chi connectivity index (χ3n) is 3.64. The van der Waals surface area contributed by atoms with E-state index in [1.165, 1.54) is 5.56 Å². The number of fused-ring (bicyclic) bond motifs is 1. The minimum absolute atomic E-state index is 0.230. The Kier molecular flexibility index (Phi) is 4.24. The molecule has 1 aromatic rings. The highest BCUT2D eigenvalue weighted by molar-refractivity contribution is 5.70. The molecule has 0 fully saturated rings. The fourth-order valence-corrected chi connectivity index (χ4v) is 2.69. The number of aliphatic carboxylic acids is 1. The fourth-order valence-electron chi connectivity index (χ4n) is 2.69. The Morgan fingerprint density at radius 2 is 2.28 bits per heavy atom. The lowest BCUT2D eigenvalue weighted by Gasteiger charge is -2.27. The van der Waals surface area contributed by atoms with Crippen LogP contribution in [0.25, 0.3) is 0 Å². The number of ether oxygens (including phenoxy) is 1. The average Bonchev–Trinajstić information content (AvgIpc) is 2.38. The van der Waals surface area contributed by atoms with Crippen LogP contribution in [0, 0.1) is 5.92 Å². The largest absolute Gasteiger partial charge is 0.493 e. The SMILES string of the molecule is CCCC(CC1CCOc2ccccc21)C(=O)O. The molecule has 0 aromatic heterocycles. The molecule has 0 bridgehead atoms. The zero-order valence-electron chi connectivity index (χ0n) is 10.8. The second kappa shape index (κ2) is 5.89. The first-order valence-corrected chi connectivity index (χ1v) is 6.67. The van der Waals surface area contributed by atoms with Gasteiger partial charge in [0.05, 0.1) is 12.5 Å². The highest BCUT2D eigenvalue weighted by Gasteiger charge is 2.27. The number of para-hydroxylation sites is 1. The van der Waals surface area contributed by atoms with Crippen molar-refractivity contribution in [2.45, 2.75) is 38.5 Å². The highest BCUT2D eigenvalue weighted by atomic mass is 16.5. The number of hydrogen-bond acceptors (Lipinski definition) is 2. The van der Waals surface area contributed by atoms with E-state index in [2.05, 4.69) is 6.07 Å². The van der Waals surface area contributed by atoms with E-state index in [1.54, 1.807) is 0 Å². The summed E-state index contributed by atoms with van der Waals surface area (Å²) >= 11 is 0. The minimum Gasteiger partial charge on any atom is -0.493 e. The van der Waals surface area contributed by atoms with E-state index in [0.29, 0.717) is 12.5 Å². The summed E-state index contributed by atoms with van der Waals surface area (Å²) in [6.07, 6.45) is 3.32. The lowest BCUT2D eigenvalue weighted by molar-refractivity contribution is -0.142. The second-order valence-electron chi connectivity index (χ2n) is 4.93. The molecule has 3 heteroatoms. The maximum Gasteiger partial charge on any atom is 0.306 e. The Morgan fingerprint density at radius 1 is 1.50 bits per heavy atom. The number of carbonyl (C=O) groups is 1. The van der Waals surface area contributed by atoms with E-state index in [4.69, 9.17) is 4.74 Å². The Bertz CT molecular complexity index is 414. The maximum atomic E-state index is 11.2. The predicted molar refractivity (Wildman–Crippen MR) is 69.9 cm³/mol. The van der Waals surface area contributed by atoms with Crippen molar-refractivity contribution in [2.24, 2.45) is 5.92 Å². The lowest BCUT2D eigenvalue weighted by atomic mass is 9.83. The molecule has 1 aliphatic heterocycles. The summed E-state index contributed by atoms with van der Waals surface area (Å²) < 4.78 is 5.61. The molecule has 1 aromatic carbocycles. The van der Waals surface area contributed by atoms with Crippen molar-refractivity contribution in [1.29, 1.82) is 0 Å². The lowest BCUT2D eigenvalue weighted by Crippen LogP contribution is -2.21. The first kappa shape index (κ1) is 12.9. The maximum absolute atomic E-state index is 11.2. The van der Waals surface area contributed by atoms with Crippen molar-refractivity contribution in [3.8, 4) is 5.75 Å². The average molecular weight is 248 g/mol. The van der Waals surface area contributed by atoms with E-state index >= 15 is 0 Å². The van der Waals surface area contributed by atoms with Gasteiger partial charge in [-0.25, -0.2) is 0 Å². The fraction of sp³-hybridized carbons (Fsp3) is 0.533. The van der Waals surface area contributed by atoms with Crippen LogP contribution < -0.4 is 4.74 Å². The van der Waals surface area contributed by atoms with E-state index in [0.717, 1.165) is 31.4 Å². The first-order chi connectivity index (χ1) is 8.72. The van der Waals surface area contributed by atoms with Crippen LogP contribution in [0.1, 0.15) is 44.1 Å². The molecule has 0 radical (unpaired) electrons. The molecule has 2 unspecified atom stereocenters. The Morgan fingerprint density at radius 3 is 3.00 bits per heavy atom. The molecule has 0 saturated heterocycles. The summed E-state index contributed by atoms with van der Waals surface area (Å²) in [7, 11) is 0. The topological polar surface area (TPSA) is 46.5 Å². The van der Waals surface area contributed by atoms with Crippen LogP contribution in [-0.4, -0.2) is 17.7 Å². The molecule has 1 heterocycles. The van der Waals surface area contributed by atoms with Crippen molar-refractivity contribution in [3.05, 3.63) is 29.8 Å². The summed E-state index contributed by atoms with van der Waals surface area (Å²) in [4.78, 5) is 11.2. The molecule has 18 heavy (non-hydrogen) atoms. The number of benzene rings is 1. The zero-order valence-corrected chi connectivity index (χ0v) is 10.8. The van der Waals surface area contributed by atoms with Crippen molar-refractivity contribution in [2.75, 3.05) is 6.61 Å². The van der Waals surface area contributed by atoms with E-state index < -0.39 is 5.97 Å². The van der Waals surface area contributed by atoms with Gasteiger partial charge >= 0.3 is 5.97 Å². The standard InChI is InChI=1S/C15H20O3/c1-2-5-12(15(16)17)10-11-8-9-18-14-7-4-3-6-13(11)14/h3-4,6-7,11-12H,2,5,8-10H2,1H3,(H,16,17). The van der Waals surface area contributed by atoms with E-state index in [1.807, 2.05) is 25.1 Å². The smallest absolute Gasteiger partial charge is 0.306 e. The van der Waals surface area contributed by atoms with E-state index in [-0.39, 0.29) is 5.92 Å². The van der Waals surface area contributed by atoms with Gasteiger partial charge in [-0.1, -0.05) is 31.5 Å². The minimum atomic E-state index is -0.666. The summed E-state index contributed by atoms with van der Waals surface area (Å²) in [6, 6.07) is 7.99. The summed E-state index contributed by atoms with van der Waals surface area (Å²) in [5.41, 5.74) is 1.17.